The topological polar surface area (TPSA) is 21.7 Å². The van der Waals surface area contributed by atoms with E-state index >= 15 is 0 Å². The summed E-state index contributed by atoms with van der Waals surface area (Å²) in [6.07, 6.45) is 2.15. The summed E-state index contributed by atoms with van der Waals surface area (Å²) in [7, 11) is 0. The third-order valence-corrected chi connectivity index (χ3v) is 3.76. The fourth-order valence-corrected chi connectivity index (χ4v) is 2.74. The third-order valence-electron chi connectivity index (χ3n) is 3.76. The van der Waals surface area contributed by atoms with Crippen LogP contribution in [0.3, 0.4) is 0 Å². The lowest BCUT2D eigenvalue weighted by molar-refractivity contribution is 0.171. The summed E-state index contributed by atoms with van der Waals surface area (Å²) in [4.78, 5) is 2.21. The lowest BCUT2D eigenvalue weighted by Gasteiger charge is -2.19. The van der Waals surface area contributed by atoms with E-state index in [9.17, 15) is 4.39 Å². The van der Waals surface area contributed by atoms with Crippen molar-refractivity contribution in [1.29, 1.82) is 0 Å². The van der Waals surface area contributed by atoms with Crippen LogP contribution in [0, 0.1) is 0 Å². The zero-order valence-electron chi connectivity index (χ0n) is 11.1. The van der Waals surface area contributed by atoms with E-state index in [1.54, 1.807) is 0 Å². The van der Waals surface area contributed by atoms with Crippen LogP contribution >= 0.6 is 0 Å². The molecule has 3 nitrogen and oxygen atoms in total. The molecule has 1 aromatic carbocycles. The molecule has 0 aliphatic carbocycles. The molecule has 3 rings (SSSR count). The van der Waals surface area contributed by atoms with Crippen molar-refractivity contribution in [2.24, 2.45) is 0 Å². The van der Waals surface area contributed by atoms with E-state index in [-0.39, 0.29) is 0 Å². The van der Waals surface area contributed by atoms with Crippen LogP contribution in [0.5, 0.6) is 11.5 Å². The molecule has 0 radical (unpaired) electrons. The van der Waals surface area contributed by atoms with Crippen molar-refractivity contribution in [1.82, 2.24) is 4.90 Å². The standard InChI is InChI=1S/C15H20FNO2/c16-13-5-7-17(11-13)6-1-2-12-3-4-14-15(10-12)19-9-8-18-14/h3-4,10,13H,1-2,5-9,11H2/t13-/m1/s1. The zero-order chi connectivity index (χ0) is 13.1. The second-order valence-electron chi connectivity index (χ2n) is 5.27. The van der Waals surface area contributed by atoms with Gasteiger partial charge >= 0.3 is 0 Å². The van der Waals surface area contributed by atoms with Crippen LogP contribution in [0.15, 0.2) is 18.2 Å². The fourth-order valence-electron chi connectivity index (χ4n) is 2.74. The van der Waals surface area contributed by atoms with Crippen molar-refractivity contribution in [3.8, 4) is 11.5 Å². The summed E-state index contributed by atoms with van der Waals surface area (Å²) >= 11 is 0. The van der Waals surface area contributed by atoms with Crippen molar-refractivity contribution in [2.45, 2.75) is 25.4 Å². The Balaban J connectivity index is 1.50. The molecule has 0 aromatic heterocycles. The maximum atomic E-state index is 13.0. The SMILES string of the molecule is F[C@@H]1CCN(CCCc2ccc3c(c2)OCCO3)C1. The van der Waals surface area contributed by atoms with E-state index in [1.165, 1.54) is 5.56 Å². The average molecular weight is 265 g/mol. The Bertz CT molecular complexity index is 438. The predicted molar refractivity (Wildman–Crippen MR) is 71.7 cm³/mol. The lowest BCUT2D eigenvalue weighted by Crippen LogP contribution is -2.22. The second-order valence-corrected chi connectivity index (χ2v) is 5.27. The van der Waals surface area contributed by atoms with Crippen LogP contribution in [-0.4, -0.2) is 43.9 Å². The highest BCUT2D eigenvalue weighted by atomic mass is 19.1. The van der Waals surface area contributed by atoms with Gasteiger partial charge in [-0.3, -0.25) is 0 Å². The first kappa shape index (κ1) is 12.7. The van der Waals surface area contributed by atoms with Gasteiger partial charge in [-0.1, -0.05) is 6.07 Å². The highest BCUT2D eigenvalue weighted by Gasteiger charge is 2.20. The van der Waals surface area contributed by atoms with E-state index in [1.807, 2.05) is 6.07 Å². The van der Waals surface area contributed by atoms with Crippen molar-refractivity contribution < 1.29 is 13.9 Å². The van der Waals surface area contributed by atoms with Gasteiger partial charge in [-0.15, -0.1) is 0 Å². The van der Waals surface area contributed by atoms with Gasteiger partial charge in [0, 0.05) is 13.1 Å². The summed E-state index contributed by atoms with van der Waals surface area (Å²) in [5.74, 6) is 1.70. The molecule has 0 saturated carbocycles. The van der Waals surface area contributed by atoms with Crippen molar-refractivity contribution in [3.63, 3.8) is 0 Å². The molecule has 19 heavy (non-hydrogen) atoms. The molecule has 0 spiro atoms. The number of halogens is 1. The first-order valence-electron chi connectivity index (χ1n) is 7.06. The van der Waals surface area contributed by atoms with Crippen LogP contribution in [0.4, 0.5) is 4.39 Å². The molecular weight excluding hydrogens is 245 g/mol. The molecule has 104 valence electrons. The van der Waals surface area contributed by atoms with Crippen LogP contribution in [0.2, 0.25) is 0 Å². The number of hydrogen-bond donors (Lipinski definition) is 0. The van der Waals surface area contributed by atoms with Gasteiger partial charge in [0.25, 0.3) is 0 Å². The largest absolute Gasteiger partial charge is 0.486 e. The maximum absolute atomic E-state index is 13.0. The van der Waals surface area contributed by atoms with Gasteiger partial charge in [0.2, 0.25) is 0 Å². The number of benzene rings is 1. The van der Waals surface area contributed by atoms with Crippen LogP contribution in [0.1, 0.15) is 18.4 Å². The molecule has 0 N–H and O–H groups in total. The minimum Gasteiger partial charge on any atom is -0.486 e. The third kappa shape index (κ3) is 3.18. The van der Waals surface area contributed by atoms with E-state index in [4.69, 9.17) is 9.47 Å². The summed E-state index contributed by atoms with van der Waals surface area (Å²) in [6.45, 7) is 3.76. The normalized spacial score (nSPS) is 22.7. The molecule has 1 saturated heterocycles. The number of aryl methyl sites for hydroxylation is 1. The van der Waals surface area contributed by atoms with E-state index < -0.39 is 6.17 Å². The number of likely N-dealkylation sites (tertiary alicyclic amines) is 1. The van der Waals surface area contributed by atoms with Crippen molar-refractivity contribution >= 4 is 0 Å². The van der Waals surface area contributed by atoms with Gasteiger partial charge in [0.1, 0.15) is 19.4 Å². The molecular formula is C15H20FNO2. The molecule has 0 bridgehead atoms. The van der Waals surface area contributed by atoms with Gasteiger partial charge in [-0.2, -0.15) is 0 Å². The first-order chi connectivity index (χ1) is 9.31. The Hall–Kier alpha value is -1.29. The molecule has 1 atom stereocenters. The van der Waals surface area contributed by atoms with Gasteiger partial charge in [0.05, 0.1) is 0 Å². The highest BCUT2D eigenvalue weighted by molar-refractivity contribution is 5.43. The van der Waals surface area contributed by atoms with E-state index in [0.717, 1.165) is 37.4 Å². The molecule has 4 heteroatoms. The summed E-state index contributed by atoms with van der Waals surface area (Å²) < 4.78 is 24.1. The van der Waals surface area contributed by atoms with Crippen LogP contribution in [-0.2, 0) is 6.42 Å². The number of ether oxygens (including phenoxy) is 2. The summed E-state index contributed by atoms with van der Waals surface area (Å²) in [5, 5.41) is 0. The fraction of sp³-hybridized carbons (Fsp3) is 0.600. The average Bonchev–Trinajstić information content (AvgIpc) is 2.84. The summed E-state index contributed by atoms with van der Waals surface area (Å²) in [6, 6.07) is 6.14. The Morgan fingerprint density at radius 3 is 2.84 bits per heavy atom. The molecule has 2 aliphatic rings. The molecule has 1 fully saturated rings. The van der Waals surface area contributed by atoms with Gasteiger partial charge in [-0.25, -0.2) is 4.39 Å². The number of rotatable bonds is 4. The Labute approximate surface area is 113 Å². The van der Waals surface area contributed by atoms with E-state index in [2.05, 4.69) is 17.0 Å². The quantitative estimate of drug-likeness (QED) is 0.834. The molecule has 1 aromatic rings. The van der Waals surface area contributed by atoms with E-state index in [0.29, 0.717) is 26.2 Å². The highest BCUT2D eigenvalue weighted by Crippen LogP contribution is 2.31. The molecule has 2 aliphatic heterocycles. The van der Waals surface area contributed by atoms with Gasteiger partial charge in [0.15, 0.2) is 11.5 Å². The van der Waals surface area contributed by atoms with Crippen molar-refractivity contribution in [3.05, 3.63) is 23.8 Å². The first-order valence-corrected chi connectivity index (χ1v) is 7.06. The molecule has 0 amide bonds. The predicted octanol–water partition coefficient (Wildman–Crippen LogP) is 2.43. The lowest BCUT2D eigenvalue weighted by atomic mass is 10.1. The van der Waals surface area contributed by atoms with Crippen LogP contribution in [0.25, 0.3) is 0 Å². The number of fused-ring (bicyclic) bond motifs is 1. The monoisotopic (exact) mass is 265 g/mol. The number of alkyl halides is 1. The smallest absolute Gasteiger partial charge is 0.161 e. The number of nitrogens with zero attached hydrogens (tertiary/aromatic N) is 1. The molecule has 2 heterocycles. The minimum atomic E-state index is -0.616. The Morgan fingerprint density at radius 1 is 1.21 bits per heavy atom. The van der Waals surface area contributed by atoms with Crippen molar-refractivity contribution in [2.75, 3.05) is 32.8 Å². The summed E-state index contributed by atoms with van der Waals surface area (Å²) in [5.41, 5.74) is 1.26. The molecule has 0 unspecified atom stereocenters. The van der Waals surface area contributed by atoms with Crippen LogP contribution < -0.4 is 9.47 Å². The maximum Gasteiger partial charge on any atom is 0.161 e. The van der Waals surface area contributed by atoms with Gasteiger partial charge < -0.3 is 14.4 Å². The Kier molecular flexibility index (Phi) is 3.87. The zero-order valence-corrected chi connectivity index (χ0v) is 11.1. The van der Waals surface area contributed by atoms with Gasteiger partial charge in [-0.05, 0) is 43.5 Å². The number of hydrogen-bond acceptors (Lipinski definition) is 3. The second kappa shape index (κ2) is 5.78. The Morgan fingerprint density at radius 2 is 2.05 bits per heavy atom. The minimum absolute atomic E-state index is 0.612.